The molecule has 0 amide bonds. The van der Waals surface area contributed by atoms with Crippen LogP contribution >= 0.6 is 23.2 Å². The van der Waals surface area contributed by atoms with Gasteiger partial charge in [-0.2, -0.15) is 0 Å². The molecule has 3 nitrogen and oxygen atoms in total. The molecule has 0 fully saturated rings. The van der Waals surface area contributed by atoms with E-state index in [0.717, 1.165) is 6.07 Å². The monoisotopic (exact) mass is 322 g/mol. The minimum atomic E-state index is -2.64. The number of ether oxygens (including phenoxy) is 1. The lowest BCUT2D eigenvalue weighted by atomic mass is 10.1. The van der Waals surface area contributed by atoms with E-state index in [1.807, 2.05) is 0 Å². The topological polar surface area (TPSA) is 35.0 Å². The van der Waals surface area contributed by atoms with Gasteiger partial charge in [0.25, 0.3) is 12.3 Å². The van der Waals surface area contributed by atoms with E-state index >= 15 is 0 Å². The lowest BCUT2D eigenvalue weighted by molar-refractivity contribution is 0.0794. The van der Waals surface area contributed by atoms with Crippen LogP contribution in [0.25, 0.3) is 11.3 Å². The third-order valence-corrected chi connectivity index (χ3v) is 2.81. The molecule has 0 spiro atoms. The Kier molecular flexibility index (Phi) is 4.67. The molecule has 0 bridgehead atoms. The van der Waals surface area contributed by atoms with Gasteiger partial charge >= 0.3 is 0 Å². The number of rotatable bonds is 4. The van der Waals surface area contributed by atoms with Crippen molar-refractivity contribution in [3.63, 3.8) is 0 Å². The van der Waals surface area contributed by atoms with Gasteiger partial charge in [-0.05, 0) is 18.2 Å². The fourth-order valence-electron chi connectivity index (χ4n) is 1.42. The number of hydrogen-bond donors (Lipinski definition) is 0. The van der Waals surface area contributed by atoms with Crippen molar-refractivity contribution >= 4 is 23.2 Å². The molecule has 0 saturated carbocycles. The first-order chi connectivity index (χ1) is 9.47. The van der Waals surface area contributed by atoms with Gasteiger partial charge in [-0.15, -0.1) is 0 Å². The number of benzene rings is 1. The van der Waals surface area contributed by atoms with E-state index in [4.69, 9.17) is 23.2 Å². The summed E-state index contributed by atoms with van der Waals surface area (Å²) in [5, 5.41) is -0.0415. The van der Waals surface area contributed by atoms with E-state index in [9.17, 15) is 13.2 Å². The zero-order chi connectivity index (χ0) is 14.7. The first kappa shape index (κ1) is 14.9. The van der Waals surface area contributed by atoms with Crippen LogP contribution in [0.1, 0.15) is 0 Å². The molecule has 106 valence electrons. The predicted octanol–water partition coefficient (Wildman–Crippen LogP) is 4.23. The normalized spacial score (nSPS) is 10.9. The second-order valence-corrected chi connectivity index (χ2v) is 4.44. The van der Waals surface area contributed by atoms with Crippen molar-refractivity contribution < 1.29 is 17.9 Å². The largest absolute Gasteiger partial charge is 0.469 e. The third kappa shape index (κ3) is 3.52. The standard InChI is InChI=1S/C12H7Cl2F3N2O/c13-8-3-6(15)1-2-7(8)9-4-18-12(11(14)19-9)20-5-10(16)17/h1-4,10H,5H2. The van der Waals surface area contributed by atoms with E-state index in [0.29, 0.717) is 5.56 Å². The van der Waals surface area contributed by atoms with Crippen LogP contribution in [0.15, 0.2) is 24.4 Å². The van der Waals surface area contributed by atoms with Crippen molar-refractivity contribution in [1.82, 2.24) is 9.97 Å². The van der Waals surface area contributed by atoms with Gasteiger partial charge in [-0.1, -0.05) is 23.2 Å². The van der Waals surface area contributed by atoms with E-state index < -0.39 is 18.8 Å². The maximum atomic E-state index is 12.9. The Bertz CT molecular complexity index is 626. The third-order valence-electron chi connectivity index (χ3n) is 2.25. The van der Waals surface area contributed by atoms with E-state index in [1.165, 1.54) is 18.3 Å². The van der Waals surface area contributed by atoms with Crippen molar-refractivity contribution in [1.29, 1.82) is 0 Å². The Morgan fingerprint density at radius 3 is 2.60 bits per heavy atom. The molecule has 0 N–H and O–H groups in total. The smallest absolute Gasteiger partial charge is 0.272 e. The summed E-state index contributed by atoms with van der Waals surface area (Å²) >= 11 is 11.7. The summed E-state index contributed by atoms with van der Waals surface area (Å²) in [4.78, 5) is 7.73. The van der Waals surface area contributed by atoms with Crippen molar-refractivity contribution in [3.8, 4) is 17.1 Å². The highest BCUT2D eigenvalue weighted by Gasteiger charge is 2.13. The van der Waals surface area contributed by atoms with Gasteiger partial charge in [0, 0.05) is 5.56 Å². The van der Waals surface area contributed by atoms with Crippen LogP contribution < -0.4 is 4.74 Å². The molecule has 1 aromatic heterocycles. The zero-order valence-corrected chi connectivity index (χ0v) is 11.3. The average molecular weight is 323 g/mol. The molecule has 0 radical (unpaired) electrons. The van der Waals surface area contributed by atoms with Crippen LogP contribution in [0.5, 0.6) is 5.88 Å². The van der Waals surface area contributed by atoms with Gasteiger partial charge in [0.05, 0.1) is 16.9 Å². The molecule has 1 aromatic carbocycles. The second-order valence-electron chi connectivity index (χ2n) is 3.68. The predicted molar refractivity (Wildman–Crippen MR) is 68.9 cm³/mol. The number of aromatic nitrogens is 2. The number of nitrogens with zero attached hydrogens (tertiary/aromatic N) is 2. The molecule has 0 atom stereocenters. The molecule has 2 aromatic rings. The van der Waals surface area contributed by atoms with Crippen molar-refractivity contribution in [2.24, 2.45) is 0 Å². The Balaban J connectivity index is 2.28. The first-order valence-corrected chi connectivity index (χ1v) is 6.12. The molecule has 0 unspecified atom stereocenters. The molecule has 8 heteroatoms. The molecule has 0 saturated heterocycles. The van der Waals surface area contributed by atoms with Crippen LogP contribution in [0.3, 0.4) is 0 Å². The van der Waals surface area contributed by atoms with Gasteiger partial charge in [-0.25, -0.2) is 23.1 Å². The van der Waals surface area contributed by atoms with E-state index in [2.05, 4.69) is 14.7 Å². The Morgan fingerprint density at radius 2 is 2.00 bits per heavy atom. The summed E-state index contributed by atoms with van der Waals surface area (Å²) in [6, 6.07) is 3.74. The second kappa shape index (κ2) is 6.28. The Morgan fingerprint density at radius 1 is 1.25 bits per heavy atom. The highest BCUT2D eigenvalue weighted by atomic mass is 35.5. The van der Waals surface area contributed by atoms with Crippen molar-refractivity contribution in [3.05, 3.63) is 40.4 Å². The van der Waals surface area contributed by atoms with Crippen LogP contribution in [0.4, 0.5) is 13.2 Å². The molecule has 0 aliphatic carbocycles. The van der Waals surface area contributed by atoms with Gasteiger partial charge in [-0.3, -0.25) is 0 Å². The van der Waals surface area contributed by atoms with Crippen LogP contribution in [0.2, 0.25) is 10.2 Å². The highest BCUT2D eigenvalue weighted by molar-refractivity contribution is 6.33. The fraction of sp³-hybridized carbons (Fsp3) is 0.167. The Hall–Kier alpha value is -1.53. The molecular formula is C12H7Cl2F3N2O. The summed E-state index contributed by atoms with van der Waals surface area (Å²) in [5.41, 5.74) is 0.701. The Labute approximate surface area is 122 Å². The molecular weight excluding hydrogens is 316 g/mol. The van der Waals surface area contributed by atoms with Crippen molar-refractivity contribution in [2.45, 2.75) is 6.43 Å². The minimum Gasteiger partial charge on any atom is -0.469 e. The average Bonchev–Trinajstić information content (AvgIpc) is 2.37. The maximum absolute atomic E-state index is 12.9. The van der Waals surface area contributed by atoms with E-state index in [-0.39, 0.29) is 21.7 Å². The van der Waals surface area contributed by atoms with Crippen molar-refractivity contribution in [2.75, 3.05) is 6.61 Å². The summed E-state index contributed by atoms with van der Waals surface area (Å²) < 4.78 is 41.7. The molecule has 0 aliphatic heterocycles. The zero-order valence-electron chi connectivity index (χ0n) is 9.79. The molecule has 1 heterocycles. The number of halogens is 5. The molecule has 20 heavy (non-hydrogen) atoms. The number of alkyl halides is 2. The van der Waals surface area contributed by atoms with Gasteiger partial charge < -0.3 is 4.74 Å². The maximum Gasteiger partial charge on any atom is 0.272 e. The van der Waals surface area contributed by atoms with Gasteiger partial charge in [0.1, 0.15) is 5.82 Å². The number of hydrogen-bond acceptors (Lipinski definition) is 3. The quantitative estimate of drug-likeness (QED) is 0.844. The lowest BCUT2D eigenvalue weighted by Crippen LogP contribution is -2.08. The highest BCUT2D eigenvalue weighted by Crippen LogP contribution is 2.29. The summed E-state index contributed by atoms with van der Waals surface area (Å²) in [5.74, 6) is -0.691. The van der Waals surface area contributed by atoms with Crippen LogP contribution in [-0.4, -0.2) is 23.0 Å². The van der Waals surface area contributed by atoms with Crippen LogP contribution in [-0.2, 0) is 0 Å². The fourth-order valence-corrected chi connectivity index (χ4v) is 1.88. The summed E-state index contributed by atoms with van der Waals surface area (Å²) in [7, 11) is 0. The SMILES string of the molecule is Fc1ccc(-c2cnc(OCC(F)F)c(Cl)n2)c(Cl)c1. The van der Waals surface area contributed by atoms with Crippen LogP contribution in [0, 0.1) is 5.82 Å². The van der Waals surface area contributed by atoms with E-state index in [1.54, 1.807) is 0 Å². The van der Waals surface area contributed by atoms with Gasteiger partial charge in [0.2, 0.25) is 0 Å². The first-order valence-electron chi connectivity index (χ1n) is 5.36. The molecule has 0 aliphatic rings. The van der Waals surface area contributed by atoms with Gasteiger partial charge in [0.15, 0.2) is 11.8 Å². The minimum absolute atomic E-state index is 0.136. The molecule has 2 rings (SSSR count). The summed E-state index contributed by atoms with van der Waals surface area (Å²) in [6.07, 6.45) is -1.38. The lowest BCUT2D eigenvalue weighted by Gasteiger charge is -2.08. The summed E-state index contributed by atoms with van der Waals surface area (Å²) in [6.45, 7) is -0.828.